The molecule has 7 nitrogen and oxygen atoms in total. The summed E-state index contributed by atoms with van der Waals surface area (Å²) < 4.78 is 17.2. The van der Waals surface area contributed by atoms with Crippen LogP contribution in [-0.4, -0.2) is 61.4 Å². The van der Waals surface area contributed by atoms with E-state index in [1.165, 1.54) is 7.11 Å². The van der Waals surface area contributed by atoms with Crippen LogP contribution < -0.4 is 10.6 Å². The summed E-state index contributed by atoms with van der Waals surface area (Å²) in [4.78, 5) is 13.2. The van der Waals surface area contributed by atoms with Gasteiger partial charge in [-0.3, -0.25) is 5.32 Å². The maximum Gasteiger partial charge on any atom is 0.337 e. The number of esters is 1. The number of aliphatic hydroxyl groups is 1. The Balaban J connectivity index is 1.52. The van der Waals surface area contributed by atoms with E-state index >= 15 is 0 Å². The maximum absolute atomic E-state index is 13.2. The number of fused-ring (bicyclic) bond motifs is 2. The summed E-state index contributed by atoms with van der Waals surface area (Å²) >= 11 is 0. The third-order valence-corrected chi connectivity index (χ3v) is 7.04. The minimum Gasteiger partial charge on any atom is -0.466 e. The van der Waals surface area contributed by atoms with Crippen molar-refractivity contribution >= 4 is 11.7 Å². The monoisotopic (exact) mass is 476 g/mol. The molecule has 1 saturated heterocycles. The van der Waals surface area contributed by atoms with Crippen LogP contribution in [0.4, 0.5) is 5.69 Å². The Morgan fingerprint density at radius 1 is 1.11 bits per heavy atom. The van der Waals surface area contributed by atoms with E-state index in [4.69, 9.17) is 14.2 Å². The zero-order chi connectivity index (χ0) is 24.3. The summed E-state index contributed by atoms with van der Waals surface area (Å²) in [7, 11) is 1.37. The van der Waals surface area contributed by atoms with Crippen molar-refractivity contribution < 1.29 is 24.1 Å². The molecule has 4 atom stereocenters. The van der Waals surface area contributed by atoms with Gasteiger partial charge in [0.05, 0.1) is 18.7 Å². The molecule has 3 heterocycles. The number of rotatable bonds is 9. The summed E-state index contributed by atoms with van der Waals surface area (Å²) in [6.45, 7) is 1.30. The lowest BCUT2D eigenvalue weighted by Gasteiger charge is -2.36. The van der Waals surface area contributed by atoms with Crippen LogP contribution in [0.25, 0.3) is 0 Å². The summed E-state index contributed by atoms with van der Waals surface area (Å²) in [5.74, 6) is -0.493. The van der Waals surface area contributed by atoms with Crippen molar-refractivity contribution in [3.63, 3.8) is 0 Å². The van der Waals surface area contributed by atoms with Gasteiger partial charge in [0.1, 0.15) is 17.9 Å². The molecule has 35 heavy (non-hydrogen) atoms. The Kier molecular flexibility index (Phi) is 7.02. The van der Waals surface area contributed by atoms with E-state index in [0.717, 1.165) is 24.1 Å². The summed E-state index contributed by atoms with van der Waals surface area (Å²) in [6.07, 6.45) is 4.54. The number of hydrogen-bond donors (Lipinski definition) is 3. The highest BCUT2D eigenvalue weighted by Gasteiger charge is 2.57. The van der Waals surface area contributed by atoms with E-state index in [9.17, 15) is 9.90 Å². The van der Waals surface area contributed by atoms with Gasteiger partial charge >= 0.3 is 5.97 Å². The molecule has 0 radical (unpaired) electrons. The molecule has 184 valence electrons. The second-order valence-electron chi connectivity index (χ2n) is 9.22. The minimum atomic E-state index is -1.09. The summed E-state index contributed by atoms with van der Waals surface area (Å²) in [5, 5.41) is 18.1. The number of nitrogens with one attached hydrogen (secondary N) is 2. The fraction of sp³-hybridized carbons (Fsp3) is 0.393. The third kappa shape index (κ3) is 4.77. The SMILES string of the molecule is COC(=O)C1=C(C(O)NC2CCOCC2)C2C=CC1(C(Cc1ccccc1)Nc1ccccc1)O2. The van der Waals surface area contributed by atoms with Gasteiger partial charge in [0, 0.05) is 30.5 Å². The van der Waals surface area contributed by atoms with Gasteiger partial charge in [-0.05, 0) is 43.0 Å². The molecule has 3 aliphatic rings. The first kappa shape index (κ1) is 23.8. The van der Waals surface area contributed by atoms with Crippen molar-refractivity contribution in [3.05, 3.63) is 89.5 Å². The van der Waals surface area contributed by atoms with Crippen molar-refractivity contribution in [1.82, 2.24) is 5.32 Å². The molecular formula is C28H32N2O5. The highest BCUT2D eigenvalue weighted by atomic mass is 16.5. The molecule has 3 N–H and O–H groups in total. The van der Waals surface area contributed by atoms with Crippen LogP contribution in [0.15, 0.2) is 84.0 Å². The van der Waals surface area contributed by atoms with Crippen LogP contribution >= 0.6 is 0 Å². The Morgan fingerprint density at radius 3 is 2.49 bits per heavy atom. The molecule has 0 saturated carbocycles. The zero-order valence-electron chi connectivity index (χ0n) is 19.9. The van der Waals surface area contributed by atoms with Crippen LogP contribution in [0.3, 0.4) is 0 Å². The van der Waals surface area contributed by atoms with Crippen LogP contribution in [0.2, 0.25) is 0 Å². The van der Waals surface area contributed by atoms with Gasteiger partial charge in [-0.2, -0.15) is 0 Å². The van der Waals surface area contributed by atoms with Crippen LogP contribution in [0.5, 0.6) is 0 Å². The molecule has 0 amide bonds. The number of aliphatic hydroxyl groups excluding tert-OH is 1. The Morgan fingerprint density at radius 2 is 1.80 bits per heavy atom. The normalized spacial score (nSPS) is 25.5. The van der Waals surface area contributed by atoms with E-state index in [0.29, 0.717) is 30.8 Å². The van der Waals surface area contributed by atoms with E-state index < -0.39 is 23.9 Å². The average Bonchev–Trinajstić information content (AvgIpc) is 3.48. The average molecular weight is 477 g/mol. The lowest BCUT2D eigenvalue weighted by molar-refractivity contribution is -0.138. The topological polar surface area (TPSA) is 89.1 Å². The molecule has 1 fully saturated rings. The van der Waals surface area contributed by atoms with Gasteiger partial charge < -0.3 is 24.6 Å². The van der Waals surface area contributed by atoms with Gasteiger partial charge in [0.25, 0.3) is 0 Å². The highest BCUT2D eigenvalue weighted by Crippen LogP contribution is 2.48. The predicted octanol–water partition coefficient (Wildman–Crippen LogP) is 2.97. The standard InChI is InChI=1S/C28H32N2O5/c1-33-27(32)25-24(26(31)30-21-13-16-34-17-14-21)22-12-15-28(25,35-22)23(18-19-8-4-2-5-9-19)29-20-10-6-3-7-11-20/h2-12,15,21-23,26,29-31H,13-14,16-18H2,1H3. The van der Waals surface area contributed by atoms with Gasteiger partial charge in [-0.25, -0.2) is 4.79 Å². The number of ether oxygens (including phenoxy) is 3. The lowest BCUT2D eigenvalue weighted by Crippen LogP contribution is -2.50. The van der Waals surface area contributed by atoms with Crippen LogP contribution in [0.1, 0.15) is 18.4 Å². The number of anilines is 1. The molecule has 0 aliphatic carbocycles. The molecule has 4 unspecified atom stereocenters. The van der Waals surface area contributed by atoms with Crippen LogP contribution in [0, 0.1) is 0 Å². The molecule has 3 aliphatic heterocycles. The lowest BCUT2D eigenvalue weighted by atomic mass is 9.78. The van der Waals surface area contributed by atoms with Crippen molar-refractivity contribution in [3.8, 4) is 0 Å². The molecule has 5 rings (SSSR count). The molecule has 2 aromatic rings. The molecule has 2 bridgehead atoms. The van der Waals surface area contributed by atoms with Gasteiger partial charge in [-0.1, -0.05) is 54.6 Å². The Labute approximate surface area is 205 Å². The van der Waals surface area contributed by atoms with E-state index in [1.807, 2.05) is 60.7 Å². The minimum absolute atomic E-state index is 0.103. The van der Waals surface area contributed by atoms with E-state index in [-0.39, 0.29) is 12.1 Å². The van der Waals surface area contributed by atoms with Crippen LogP contribution in [-0.2, 0) is 25.4 Å². The van der Waals surface area contributed by atoms with Crippen molar-refractivity contribution in [2.75, 3.05) is 25.6 Å². The van der Waals surface area contributed by atoms with Crippen molar-refractivity contribution in [1.29, 1.82) is 0 Å². The second kappa shape index (κ2) is 10.3. The zero-order valence-corrected chi connectivity index (χ0v) is 19.9. The van der Waals surface area contributed by atoms with Gasteiger partial charge in [0.15, 0.2) is 0 Å². The predicted molar refractivity (Wildman–Crippen MR) is 133 cm³/mol. The fourth-order valence-corrected chi connectivity index (χ4v) is 5.31. The van der Waals surface area contributed by atoms with Gasteiger partial charge in [-0.15, -0.1) is 0 Å². The van der Waals surface area contributed by atoms with E-state index in [1.54, 1.807) is 0 Å². The molecule has 0 aromatic heterocycles. The highest BCUT2D eigenvalue weighted by molar-refractivity contribution is 5.95. The molecule has 7 heteroatoms. The second-order valence-corrected chi connectivity index (χ2v) is 9.22. The number of para-hydroxylation sites is 1. The third-order valence-electron chi connectivity index (χ3n) is 7.04. The summed E-state index contributed by atoms with van der Waals surface area (Å²) in [5.41, 5.74) is 1.83. The van der Waals surface area contributed by atoms with Gasteiger partial charge in [0.2, 0.25) is 0 Å². The molecular weight excluding hydrogens is 444 g/mol. The van der Waals surface area contributed by atoms with Crippen molar-refractivity contribution in [2.45, 2.75) is 49.3 Å². The Bertz CT molecular complexity index is 1040. The summed E-state index contributed by atoms with van der Waals surface area (Å²) in [6, 6.07) is 19.8. The molecule has 0 spiro atoms. The van der Waals surface area contributed by atoms with E-state index in [2.05, 4.69) is 22.8 Å². The number of hydrogen-bond acceptors (Lipinski definition) is 7. The quantitative estimate of drug-likeness (QED) is 0.291. The number of methoxy groups -OCH3 is 1. The number of benzene rings is 2. The first-order valence-corrected chi connectivity index (χ1v) is 12.2. The molecule has 2 aromatic carbocycles. The largest absolute Gasteiger partial charge is 0.466 e. The number of carbonyl (C=O) groups excluding carboxylic acids is 1. The first-order chi connectivity index (χ1) is 17.1. The first-order valence-electron chi connectivity index (χ1n) is 12.2. The Hall–Kier alpha value is -2.97. The fourth-order valence-electron chi connectivity index (χ4n) is 5.31. The smallest absolute Gasteiger partial charge is 0.337 e. The maximum atomic E-state index is 13.2. The van der Waals surface area contributed by atoms with Crippen molar-refractivity contribution in [2.24, 2.45) is 0 Å². The number of carbonyl (C=O) groups is 1.